The van der Waals surface area contributed by atoms with E-state index >= 15 is 0 Å². The number of sulfonamides is 1. The van der Waals surface area contributed by atoms with Crippen LogP contribution >= 0.6 is 15.9 Å². The molecule has 0 bridgehead atoms. The van der Waals surface area contributed by atoms with E-state index in [0.717, 1.165) is 12.1 Å². The first-order chi connectivity index (χ1) is 13.7. The van der Waals surface area contributed by atoms with Gasteiger partial charge in [-0.15, -0.1) is 0 Å². The quantitative estimate of drug-likeness (QED) is 0.539. The van der Waals surface area contributed by atoms with Crippen molar-refractivity contribution in [2.75, 3.05) is 10.0 Å². The zero-order valence-electron chi connectivity index (χ0n) is 14.4. The van der Waals surface area contributed by atoms with Gasteiger partial charge in [0.15, 0.2) is 11.6 Å². The van der Waals surface area contributed by atoms with Crippen LogP contribution < -0.4 is 10.0 Å². The van der Waals surface area contributed by atoms with Gasteiger partial charge in [-0.2, -0.15) is 0 Å². The third-order valence-corrected chi connectivity index (χ3v) is 5.84. The maximum absolute atomic E-state index is 13.3. The maximum Gasteiger partial charge on any atom is 0.261 e. The van der Waals surface area contributed by atoms with Crippen LogP contribution in [0, 0.1) is 17.5 Å². The molecule has 0 aliphatic carbocycles. The number of carbonyl (C=O) groups is 1. The number of anilines is 2. The Morgan fingerprint density at radius 3 is 2.14 bits per heavy atom. The van der Waals surface area contributed by atoms with Gasteiger partial charge in [0.2, 0.25) is 0 Å². The number of benzene rings is 3. The molecule has 0 aliphatic heterocycles. The second-order valence-electron chi connectivity index (χ2n) is 5.84. The average molecular weight is 485 g/mol. The summed E-state index contributed by atoms with van der Waals surface area (Å²) in [4.78, 5) is 11.8. The molecule has 29 heavy (non-hydrogen) atoms. The van der Waals surface area contributed by atoms with E-state index in [2.05, 4.69) is 26.0 Å². The molecule has 0 heterocycles. The van der Waals surface area contributed by atoms with Crippen LogP contribution in [0.1, 0.15) is 10.4 Å². The zero-order chi connectivity index (χ0) is 21.2. The van der Waals surface area contributed by atoms with Crippen molar-refractivity contribution in [3.63, 3.8) is 0 Å². The summed E-state index contributed by atoms with van der Waals surface area (Å²) in [5.74, 6) is -3.57. The molecule has 0 radical (unpaired) electrons. The number of rotatable bonds is 5. The van der Waals surface area contributed by atoms with Gasteiger partial charge in [0.1, 0.15) is 5.82 Å². The van der Waals surface area contributed by atoms with Crippen LogP contribution in [0.25, 0.3) is 0 Å². The molecule has 0 unspecified atom stereocenters. The fourth-order valence-corrected chi connectivity index (χ4v) is 3.85. The van der Waals surface area contributed by atoms with Crippen LogP contribution in [0.5, 0.6) is 0 Å². The van der Waals surface area contributed by atoms with Crippen LogP contribution in [-0.4, -0.2) is 14.3 Å². The van der Waals surface area contributed by atoms with E-state index in [4.69, 9.17) is 0 Å². The topological polar surface area (TPSA) is 75.3 Å². The van der Waals surface area contributed by atoms with Crippen molar-refractivity contribution >= 4 is 43.2 Å². The minimum atomic E-state index is -4.13. The van der Waals surface area contributed by atoms with Gasteiger partial charge in [0.25, 0.3) is 15.9 Å². The van der Waals surface area contributed by atoms with Crippen molar-refractivity contribution in [3.05, 3.63) is 88.2 Å². The Hall–Kier alpha value is -2.85. The number of carbonyl (C=O) groups excluding carboxylic acids is 1. The molecule has 150 valence electrons. The fourth-order valence-electron chi connectivity index (χ4n) is 2.35. The molecular weight excluding hydrogens is 473 g/mol. The van der Waals surface area contributed by atoms with Gasteiger partial charge >= 0.3 is 0 Å². The second-order valence-corrected chi connectivity index (χ2v) is 8.37. The Morgan fingerprint density at radius 2 is 1.48 bits per heavy atom. The van der Waals surface area contributed by atoms with Crippen LogP contribution in [0.2, 0.25) is 0 Å². The Bertz CT molecular complexity index is 1190. The number of nitrogens with one attached hydrogen (secondary N) is 2. The molecule has 0 saturated carbocycles. The second kappa shape index (κ2) is 8.26. The smallest absolute Gasteiger partial charge is 0.261 e. The predicted molar refractivity (Wildman–Crippen MR) is 106 cm³/mol. The average Bonchev–Trinajstić information content (AvgIpc) is 2.67. The summed E-state index contributed by atoms with van der Waals surface area (Å²) in [5.41, 5.74) is 0.565. The zero-order valence-corrected chi connectivity index (χ0v) is 16.8. The molecule has 0 spiro atoms. The molecule has 0 fully saturated rings. The Morgan fingerprint density at radius 1 is 0.828 bits per heavy atom. The van der Waals surface area contributed by atoms with Gasteiger partial charge in [0, 0.05) is 15.8 Å². The molecule has 0 aliphatic rings. The first-order valence-electron chi connectivity index (χ1n) is 8.00. The normalized spacial score (nSPS) is 11.2. The lowest BCUT2D eigenvalue weighted by molar-refractivity contribution is 0.102. The van der Waals surface area contributed by atoms with Crippen LogP contribution in [0.3, 0.4) is 0 Å². The van der Waals surface area contributed by atoms with E-state index in [0.29, 0.717) is 22.3 Å². The minimum absolute atomic E-state index is 0.0908. The SMILES string of the molecule is O=C(Nc1ccc(NS(=O)(=O)c2ccc(F)c(F)c2)cc1)c1cc(F)ccc1Br. The molecule has 1 amide bonds. The van der Waals surface area contributed by atoms with Gasteiger partial charge in [-0.1, -0.05) is 0 Å². The summed E-state index contributed by atoms with van der Waals surface area (Å²) in [6.07, 6.45) is 0. The molecular formula is C19H12BrF3N2O3S. The molecule has 5 nitrogen and oxygen atoms in total. The van der Waals surface area contributed by atoms with Crippen LogP contribution in [-0.2, 0) is 10.0 Å². The summed E-state index contributed by atoms with van der Waals surface area (Å²) < 4.78 is 66.8. The van der Waals surface area contributed by atoms with Gasteiger partial charge < -0.3 is 5.32 Å². The van der Waals surface area contributed by atoms with Crippen molar-refractivity contribution in [1.82, 2.24) is 0 Å². The number of hydrogen-bond acceptors (Lipinski definition) is 3. The van der Waals surface area contributed by atoms with E-state index < -0.39 is 38.3 Å². The lowest BCUT2D eigenvalue weighted by Crippen LogP contribution is -2.14. The standard InChI is InChI=1S/C19H12BrF3N2O3S/c20-16-7-1-11(21)9-15(16)19(26)24-12-2-4-13(5-3-12)25-29(27,28)14-6-8-17(22)18(23)10-14/h1-10,25H,(H,24,26). The van der Waals surface area contributed by atoms with Gasteiger partial charge in [0.05, 0.1) is 10.5 Å². The largest absolute Gasteiger partial charge is 0.322 e. The molecule has 0 aromatic heterocycles. The van der Waals surface area contributed by atoms with Gasteiger partial charge in [-0.05, 0) is 76.6 Å². The monoisotopic (exact) mass is 484 g/mol. The van der Waals surface area contributed by atoms with Crippen molar-refractivity contribution in [3.8, 4) is 0 Å². The maximum atomic E-state index is 13.3. The fraction of sp³-hybridized carbons (Fsp3) is 0. The highest BCUT2D eigenvalue weighted by Gasteiger charge is 2.17. The molecule has 3 aromatic carbocycles. The summed E-state index contributed by atoms with van der Waals surface area (Å²) >= 11 is 3.17. The predicted octanol–water partition coefficient (Wildman–Crippen LogP) is 4.92. The highest BCUT2D eigenvalue weighted by molar-refractivity contribution is 9.10. The third kappa shape index (κ3) is 4.96. The Kier molecular flexibility index (Phi) is 5.94. The Labute approximate surface area is 172 Å². The van der Waals surface area contributed by atoms with Crippen LogP contribution in [0.15, 0.2) is 70.0 Å². The van der Waals surface area contributed by atoms with E-state index in [1.54, 1.807) is 0 Å². The van der Waals surface area contributed by atoms with Gasteiger partial charge in [-0.25, -0.2) is 21.6 Å². The first kappa shape index (κ1) is 20.9. The van der Waals surface area contributed by atoms with E-state index in [-0.39, 0.29) is 11.3 Å². The van der Waals surface area contributed by atoms with Crippen LogP contribution in [0.4, 0.5) is 24.5 Å². The van der Waals surface area contributed by atoms with Crippen molar-refractivity contribution < 1.29 is 26.4 Å². The van der Waals surface area contributed by atoms with E-state index in [9.17, 15) is 26.4 Å². The highest BCUT2D eigenvalue weighted by atomic mass is 79.9. The number of hydrogen-bond donors (Lipinski definition) is 2. The molecule has 2 N–H and O–H groups in total. The lowest BCUT2D eigenvalue weighted by Gasteiger charge is -2.10. The molecule has 0 saturated heterocycles. The van der Waals surface area contributed by atoms with Crippen molar-refractivity contribution in [2.45, 2.75) is 4.90 Å². The summed E-state index contributed by atoms with van der Waals surface area (Å²) in [6.45, 7) is 0. The number of halogens is 4. The van der Waals surface area contributed by atoms with E-state index in [1.165, 1.54) is 36.4 Å². The number of amides is 1. The Balaban J connectivity index is 1.73. The van der Waals surface area contributed by atoms with Gasteiger partial charge in [-0.3, -0.25) is 9.52 Å². The minimum Gasteiger partial charge on any atom is -0.322 e. The summed E-state index contributed by atoms with van der Waals surface area (Å²) in [5, 5.41) is 2.56. The third-order valence-electron chi connectivity index (χ3n) is 3.77. The molecule has 3 rings (SSSR count). The summed E-state index contributed by atoms with van der Waals surface area (Å²) in [6, 6.07) is 11.5. The molecule has 10 heteroatoms. The van der Waals surface area contributed by atoms with Crippen molar-refractivity contribution in [1.29, 1.82) is 0 Å². The van der Waals surface area contributed by atoms with Crippen molar-refractivity contribution in [2.24, 2.45) is 0 Å². The molecule has 3 aromatic rings. The van der Waals surface area contributed by atoms with E-state index in [1.807, 2.05) is 0 Å². The lowest BCUT2D eigenvalue weighted by atomic mass is 10.2. The first-order valence-corrected chi connectivity index (χ1v) is 10.3. The summed E-state index contributed by atoms with van der Waals surface area (Å²) in [7, 11) is -4.13. The highest BCUT2D eigenvalue weighted by Crippen LogP contribution is 2.22. The molecule has 0 atom stereocenters.